The van der Waals surface area contributed by atoms with E-state index >= 15 is 0 Å². The van der Waals surface area contributed by atoms with Crippen LogP contribution in [0.4, 0.5) is 34.1 Å². The second-order valence-corrected chi connectivity index (χ2v) is 27.2. The van der Waals surface area contributed by atoms with Gasteiger partial charge in [0.1, 0.15) is 11.2 Å². The maximum absolute atomic E-state index is 7.05. The van der Waals surface area contributed by atoms with E-state index < -0.39 is 14.2 Å². The van der Waals surface area contributed by atoms with E-state index in [2.05, 4.69) is 267 Å². The molecule has 81 heavy (non-hydrogen) atoms. The van der Waals surface area contributed by atoms with Crippen LogP contribution >= 0.6 is 0 Å². The first-order valence-electron chi connectivity index (χ1n) is 28.4. The first-order valence-corrected chi connectivity index (χ1v) is 32.3. The minimum Gasteiger partial charge on any atom is -0.454 e. The molecule has 2 heterocycles. The van der Waals surface area contributed by atoms with Crippen molar-refractivity contribution in [2.24, 2.45) is 0 Å². The number of para-hydroxylation sites is 4. The average molecular weight is 1070 g/mol. The minimum absolute atomic E-state index is 0.741. The van der Waals surface area contributed by atoms with Gasteiger partial charge in [-0.3, -0.25) is 0 Å². The molecule has 0 saturated heterocycles. The maximum atomic E-state index is 7.05. The van der Waals surface area contributed by atoms with Crippen molar-refractivity contribution in [1.82, 2.24) is 0 Å². The SMILES string of the molecule is Cc1cccc2c1oc1c(N(c3ccc([SiH3])cc3)c3ccc4c(c3)C3(c5cc(N(c6ccc([SiH](C)C)cc6)c6cccc7c6oc6c(C)cccc67)ccc5-4)c4ccccc4-c4c3cc3c5c(cccc45)-c4ccccc4-3)cccc12. The summed E-state index contributed by atoms with van der Waals surface area (Å²) in [5.74, 6) is 0. The van der Waals surface area contributed by atoms with Crippen molar-refractivity contribution in [3.8, 4) is 44.5 Å². The van der Waals surface area contributed by atoms with Gasteiger partial charge in [0, 0.05) is 54.5 Å². The third-order valence-electron chi connectivity index (χ3n) is 18.3. The summed E-state index contributed by atoms with van der Waals surface area (Å²) in [7, 11) is -0.127. The van der Waals surface area contributed by atoms with Gasteiger partial charge >= 0.3 is 0 Å². The van der Waals surface area contributed by atoms with E-state index in [1.807, 2.05) is 0 Å². The molecular formula is C75H54N2O2Si2. The smallest absolute Gasteiger partial charge is 0.159 e. The van der Waals surface area contributed by atoms with Gasteiger partial charge in [-0.15, -0.1) is 0 Å². The minimum atomic E-state index is -1.09. The standard InChI is InChI=1S/C75H54N2O2Si2/c1-43-14-9-20-56-58-22-12-26-67(73(58)78-71(43)56)76(45-28-34-49(80)35-29-45)47-32-38-53-54-39-33-48(77(46-30-36-50(37-31-46)81(3)4)68-27-13-23-59-57-21-10-15-44(2)72(57)79-74(59)68)41-65(54)75(64(53)40-47)63-25-8-7-18-60(63)70-61-24-11-19-55-51-16-5-6-17-52(51)62(69(55)61)42-66(70)75/h5-42,81H,1-4,80H3. The summed E-state index contributed by atoms with van der Waals surface area (Å²) >= 11 is 0. The third kappa shape index (κ3) is 6.34. The van der Waals surface area contributed by atoms with E-state index in [9.17, 15) is 0 Å². The quantitative estimate of drug-likeness (QED) is 0.149. The van der Waals surface area contributed by atoms with Crippen LogP contribution in [0.2, 0.25) is 13.1 Å². The van der Waals surface area contributed by atoms with E-state index in [0.29, 0.717) is 0 Å². The summed E-state index contributed by atoms with van der Waals surface area (Å²) in [4.78, 5) is 4.89. The number of hydrogen-bond donors (Lipinski definition) is 0. The molecule has 1 unspecified atom stereocenters. The predicted molar refractivity (Wildman–Crippen MR) is 346 cm³/mol. The van der Waals surface area contributed by atoms with Crippen LogP contribution in [0.25, 0.3) is 99.2 Å². The van der Waals surface area contributed by atoms with Crippen molar-refractivity contribution in [3.05, 3.63) is 264 Å². The lowest BCUT2D eigenvalue weighted by Crippen LogP contribution is -2.27. The van der Waals surface area contributed by atoms with E-state index in [4.69, 9.17) is 8.83 Å². The lowest BCUT2D eigenvalue weighted by molar-refractivity contribution is 0.665. The zero-order valence-electron chi connectivity index (χ0n) is 45.7. The summed E-state index contributed by atoms with van der Waals surface area (Å²) < 4.78 is 14.1. The molecule has 6 heteroatoms. The molecule has 3 aliphatic rings. The van der Waals surface area contributed by atoms with Gasteiger partial charge in [0.05, 0.1) is 25.6 Å². The summed E-state index contributed by atoms with van der Waals surface area (Å²) in [6.07, 6.45) is 0. The summed E-state index contributed by atoms with van der Waals surface area (Å²) in [5, 5.41) is 9.88. The number of rotatable bonds is 7. The van der Waals surface area contributed by atoms with Crippen LogP contribution in [-0.2, 0) is 5.41 Å². The van der Waals surface area contributed by atoms with Crippen LogP contribution in [0.1, 0.15) is 33.4 Å². The molecule has 1 spiro atoms. The fourth-order valence-corrected chi connectivity index (χ4v) is 15.9. The molecule has 0 aliphatic heterocycles. The molecule has 1 atom stereocenters. The number of furan rings is 2. The highest BCUT2D eigenvalue weighted by Gasteiger charge is 2.53. The summed E-state index contributed by atoms with van der Waals surface area (Å²) in [6.45, 7) is 9.10. The molecule has 0 bridgehead atoms. The fourth-order valence-electron chi connectivity index (χ4n) is 14.6. The van der Waals surface area contributed by atoms with Crippen molar-refractivity contribution in [3.63, 3.8) is 0 Å². The Morgan fingerprint density at radius 2 is 0.815 bits per heavy atom. The molecule has 0 radical (unpaired) electrons. The van der Waals surface area contributed by atoms with Gasteiger partial charge in [-0.2, -0.15) is 0 Å². The van der Waals surface area contributed by atoms with Crippen molar-refractivity contribution < 1.29 is 8.83 Å². The highest BCUT2D eigenvalue weighted by atomic mass is 28.3. The van der Waals surface area contributed by atoms with E-state index in [0.717, 1.165) is 99.4 Å². The lowest BCUT2D eigenvalue weighted by Gasteiger charge is -2.33. The number of benzene rings is 12. The van der Waals surface area contributed by atoms with Crippen LogP contribution in [0.15, 0.2) is 239 Å². The number of anilines is 6. The first-order chi connectivity index (χ1) is 39.7. The molecule has 3 aliphatic carbocycles. The number of fused-ring (bicyclic) bond motifs is 20. The van der Waals surface area contributed by atoms with E-state index in [1.165, 1.54) is 87.9 Å². The molecule has 0 fully saturated rings. The number of nitrogens with zero attached hydrogens (tertiary/aromatic N) is 2. The molecule has 0 N–H and O–H groups in total. The normalized spacial score (nSPS) is 14.4. The molecule has 14 aromatic rings. The maximum Gasteiger partial charge on any atom is 0.159 e. The molecular weight excluding hydrogens is 1020 g/mol. The molecule has 0 amide bonds. The average Bonchev–Trinajstić information content (AvgIpc) is 2.08. The van der Waals surface area contributed by atoms with E-state index in [-0.39, 0.29) is 0 Å². The predicted octanol–water partition coefficient (Wildman–Crippen LogP) is 17.9. The molecule has 384 valence electrons. The topological polar surface area (TPSA) is 32.8 Å². The van der Waals surface area contributed by atoms with Gasteiger partial charge in [0.2, 0.25) is 0 Å². The number of hydrogen-bond acceptors (Lipinski definition) is 4. The molecule has 4 nitrogen and oxygen atoms in total. The lowest BCUT2D eigenvalue weighted by atomic mass is 9.70. The Kier molecular flexibility index (Phi) is 9.76. The Morgan fingerprint density at radius 3 is 1.38 bits per heavy atom. The monoisotopic (exact) mass is 1070 g/mol. The largest absolute Gasteiger partial charge is 0.454 e. The van der Waals surface area contributed by atoms with Gasteiger partial charge in [-0.05, 0) is 169 Å². The molecule has 12 aromatic carbocycles. The van der Waals surface area contributed by atoms with Gasteiger partial charge in [0.15, 0.2) is 11.2 Å². The van der Waals surface area contributed by atoms with Crippen molar-refractivity contribution in [2.75, 3.05) is 9.80 Å². The van der Waals surface area contributed by atoms with Crippen molar-refractivity contribution in [1.29, 1.82) is 0 Å². The van der Waals surface area contributed by atoms with Crippen LogP contribution in [-0.4, -0.2) is 19.0 Å². The van der Waals surface area contributed by atoms with Gasteiger partial charge < -0.3 is 18.6 Å². The van der Waals surface area contributed by atoms with Gasteiger partial charge in [-0.25, -0.2) is 0 Å². The highest BCUT2D eigenvalue weighted by molar-refractivity contribution is 6.70. The zero-order valence-corrected chi connectivity index (χ0v) is 48.9. The van der Waals surface area contributed by atoms with Crippen molar-refractivity contribution in [2.45, 2.75) is 32.4 Å². The first kappa shape index (κ1) is 46.4. The Hall–Kier alpha value is -9.47. The second-order valence-electron chi connectivity index (χ2n) is 23.0. The Labute approximate surface area is 474 Å². The van der Waals surface area contributed by atoms with Gasteiger partial charge in [-0.1, -0.05) is 187 Å². The Bertz CT molecular complexity index is 5030. The highest BCUT2D eigenvalue weighted by Crippen LogP contribution is 2.67. The molecule has 17 rings (SSSR count). The van der Waals surface area contributed by atoms with Crippen LogP contribution < -0.4 is 20.2 Å². The fraction of sp³-hybridized carbons (Fsp3) is 0.0667. The Balaban J connectivity index is 0.975. The Morgan fingerprint density at radius 1 is 0.358 bits per heavy atom. The molecule has 2 aromatic heterocycles. The van der Waals surface area contributed by atoms with Crippen LogP contribution in [0, 0.1) is 13.8 Å². The zero-order chi connectivity index (χ0) is 54.0. The van der Waals surface area contributed by atoms with Crippen LogP contribution in [0.5, 0.6) is 0 Å². The van der Waals surface area contributed by atoms with E-state index in [1.54, 1.807) is 0 Å². The third-order valence-corrected chi connectivity index (χ3v) is 20.7. The van der Waals surface area contributed by atoms with Crippen LogP contribution in [0.3, 0.4) is 0 Å². The second kappa shape index (κ2) is 17.0. The molecule has 0 saturated carbocycles. The summed E-state index contributed by atoms with van der Waals surface area (Å²) in [6, 6.07) is 87.2. The van der Waals surface area contributed by atoms with Gasteiger partial charge in [0.25, 0.3) is 0 Å². The summed E-state index contributed by atoms with van der Waals surface area (Å²) in [5.41, 5.74) is 26.8. The van der Waals surface area contributed by atoms with Crippen molar-refractivity contribution >= 4 is 118 Å². The number of aryl methyl sites for hydroxylation is 2.